The molecular formula is C30H46. The van der Waals surface area contributed by atoms with Gasteiger partial charge in [-0.15, -0.1) is 0 Å². The number of benzene rings is 2. The Balaban J connectivity index is 0.00000155. The Hall–Kier alpha value is -1.56. The second-order valence-corrected chi connectivity index (χ2v) is 9.07. The van der Waals surface area contributed by atoms with E-state index in [9.17, 15) is 0 Å². The van der Waals surface area contributed by atoms with E-state index in [1.165, 1.54) is 69.8 Å². The average Bonchev–Trinajstić information content (AvgIpc) is 2.78. The summed E-state index contributed by atoms with van der Waals surface area (Å²) in [5.41, 5.74) is 7.71. The second kappa shape index (κ2) is 13.7. The summed E-state index contributed by atoms with van der Waals surface area (Å²) >= 11 is 0. The molecule has 30 heavy (non-hydrogen) atoms. The lowest BCUT2D eigenvalue weighted by molar-refractivity contribution is 0.378. The SMILES string of the molecule is CC.CCCCCCC(CCC)CCCC1c2ccccc2Cc2ccc(C)cc21. The van der Waals surface area contributed by atoms with Crippen molar-refractivity contribution in [2.24, 2.45) is 5.92 Å². The molecule has 2 aromatic carbocycles. The molecule has 0 aromatic heterocycles. The zero-order valence-corrected chi connectivity index (χ0v) is 20.5. The van der Waals surface area contributed by atoms with Crippen LogP contribution in [-0.4, -0.2) is 0 Å². The molecule has 166 valence electrons. The summed E-state index contributed by atoms with van der Waals surface area (Å²) in [5.74, 6) is 1.54. The van der Waals surface area contributed by atoms with Crippen LogP contribution in [0.4, 0.5) is 0 Å². The number of hydrogen-bond acceptors (Lipinski definition) is 0. The number of aryl methyl sites for hydroxylation is 1. The van der Waals surface area contributed by atoms with Crippen LogP contribution < -0.4 is 0 Å². The van der Waals surface area contributed by atoms with Crippen LogP contribution in [-0.2, 0) is 6.42 Å². The van der Waals surface area contributed by atoms with Crippen molar-refractivity contribution in [2.45, 2.75) is 111 Å². The van der Waals surface area contributed by atoms with E-state index in [2.05, 4.69) is 63.2 Å². The molecule has 2 atom stereocenters. The summed E-state index contributed by atoms with van der Waals surface area (Å²) in [6.07, 6.45) is 15.0. The van der Waals surface area contributed by atoms with Crippen molar-refractivity contribution >= 4 is 0 Å². The zero-order valence-electron chi connectivity index (χ0n) is 20.5. The topological polar surface area (TPSA) is 0 Å². The van der Waals surface area contributed by atoms with E-state index >= 15 is 0 Å². The molecule has 2 unspecified atom stereocenters. The first-order chi connectivity index (χ1) is 14.7. The Kier molecular flexibility index (Phi) is 11.3. The van der Waals surface area contributed by atoms with Crippen LogP contribution in [0.25, 0.3) is 0 Å². The lowest BCUT2D eigenvalue weighted by Gasteiger charge is -2.29. The van der Waals surface area contributed by atoms with Gasteiger partial charge in [-0.1, -0.05) is 134 Å². The third-order valence-corrected chi connectivity index (χ3v) is 6.76. The molecule has 0 fully saturated rings. The summed E-state index contributed by atoms with van der Waals surface area (Å²) < 4.78 is 0. The molecule has 0 aliphatic heterocycles. The molecule has 0 spiro atoms. The summed E-state index contributed by atoms with van der Waals surface area (Å²) in [5, 5.41) is 0. The van der Waals surface area contributed by atoms with Crippen molar-refractivity contribution < 1.29 is 0 Å². The Morgan fingerprint density at radius 1 is 0.767 bits per heavy atom. The van der Waals surface area contributed by atoms with Crippen LogP contribution >= 0.6 is 0 Å². The summed E-state index contributed by atoms with van der Waals surface area (Å²) in [6, 6.07) is 16.3. The first-order valence-corrected chi connectivity index (χ1v) is 12.9. The first-order valence-electron chi connectivity index (χ1n) is 12.9. The van der Waals surface area contributed by atoms with Crippen LogP contribution in [0.1, 0.15) is 126 Å². The van der Waals surface area contributed by atoms with Crippen LogP contribution in [0, 0.1) is 12.8 Å². The van der Waals surface area contributed by atoms with E-state index in [4.69, 9.17) is 0 Å². The Bertz CT molecular complexity index is 727. The summed E-state index contributed by atoms with van der Waals surface area (Å²) in [7, 11) is 0. The second-order valence-electron chi connectivity index (χ2n) is 9.07. The van der Waals surface area contributed by atoms with Gasteiger partial charge in [0.2, 0.25) is 0 Å². The lowest BCUT2D eigenvalue weighted by atomic mass is 9.75. The van der Waals surface area contributed by atoms with Crippen LogP contribution in [0.15, 0.2) is 42.5 Å². The fourth-order valence-corrected chi connectivity index (χ4v) is 5.23. The minimum atomic E-state index is 0.599. The van der Waals surface area contributed by atoms with E-state index in [1.54, 1.807) is 22.3 Å². The van der Waals surface area contributed by atoms with Gasteiger partial charge in [0, 0.05) is 5.92 Å². The van der Waals surface area contributed by atoms with E-state index in [1.807, 2.05) is 13.8 Å². The minimum Gasteiger partial charge on any atom is -0.0683 e. The number of unbranched alkanes of at least 4 members (excludes halogenated alkanes) is 3. The number of rotatable bonds is 11. The van der Waals surface area contributed by atoms with Crippen molar-refractivity contribution in [3.05, 3.63) is 70.3 Å². The summed E-state index contributed by atoms with van der Waals surface area (Å²) in [4.78, 5) is 0. The molecule has 0 bridgehead atoms. The molecule has 1 aliphatic carbocycles. The Morgan fingerprint density at radius 2 is 1.50 bits per heavy atom. The molecule has 0 saturated heterocycles. The molecular weight excluding hydrogens is 360 g/mol. The molecule has 0 N–H and O–H groups in total. The molecule has 0 nitrogen and oxygen atoms in total. The standard InChI is InChI=1S/C28H40.C2H6/c1-4-6-7-8-13-23(12-5-2)14-11-17-27-26-16-10-9-15-24(26)21-25-19-18-22(3)20-28(25)27;1-2/h9-10,15-16,18-20,23,27H,4-8,11-14,17,21H2,1-3H3;1-2H3. The van der Waals surface area contributed by atoms with Crippen molar-refractivity contribution in [1.82, 2.24) is 0 Å². The van der Waals surface area contributed by atoms with E-state index in [0.29, 0.717) is 5.92 Å². The maximum Gasteiger partial charge on any atom is 0.00951 e. The predicted octanol–water partition coefficient (Wildman–Crippen LogP) is 9.61. The maximum atomic E-state index is 2.46. The van der Waals surface area contributed by atoms with E-state index in [0.717, 1.165) is 12.3 Å². The van der Waals surface area contributed by atoms with Crippen LogP contribution in [0.3, 0.4) is 0 Å². The number of fused-ring (bicyclic) bond motifs is 2. The number of hydrogen-bond donors (Lipinski definition) is 0. The zero-order chi connectivity index (χ0) is 21.8. The molecule has 3 rings (SSSR count). The fourth-order valence-electron chi connectivity index (χ4n) is 5.23. The van der Waals surface area contributed by atoms with Crippen molar-refractivity contribution in [3.8, 4) is 0 Å². The molecule has 0 heterocycles. The first kappa shape index (κ1) is 24.7. The highest BCUT2D eigenvalue weighted by Gasteiger charge is 2.25. The van der Waals surface area contributed by atoms with Crippen LogP contribution in [0.5, 0.6) is 0 Å². The van der Waals surface area contributed by atoms with Gasteiger partial charge in [0.15, 0.2) is 0 Å². The monoisotopic (exact) mass is 406 g/mol. The lowest BCUT2D eigenvalue weighted by Crippen LogP contribution is -2.14. The van der Waals surface area contributed by atoms with Gasteiger partial charge in [-0.05, 0) is 47.9 Å². The largest absolute Gasteiger partial charge is 0.0683 e. The van der Waals surface area contributed by atoms with Crippen molar-refractivity contribution in [3.63, 3.8) is 0 Å². The third kappa shape index (κ3) is 7.00. The van der Waals surface area contributed by atoms with Gasteiger partial charge in [-0.25, -0.2) is 0 Å². The maximum absolute atomic E-state index is 2.46. The van der Waals surface area contributed by atoms with Gasteiger partial charge < -0.3 is 0 Å². The Morgan fingerprint density at radius 3 is 2.27 bits per heavy atom. The van der Waals surface area contributed by atoms with Gasteiger partial charge in [0.05, 0.1) is 0 Å². The predicted molar refractivity (Wildman–Crippen MR) is 135 cm³/mol. The smallest absolute Gasteiger partial charge is 0.00951 e. The highest BCUT2D eigenvalue weighted by Crippen LogP contribution is 2.40. The average molecular weight is 407 g/mol. The fraction of sp³-hybridized carbons (Fsp3) is 0.600. The van der Waals surface area contributed by atoms with Gasteiger partial charge >= 0.3 is 0 Å². The molecule has 0 amide bonds. The minimum absolute atomic E-state index is 0.599. The summed E-state index contributed by atoms with van der Waals surface area (Å²) in [6.45, 7) is 10.9. The molecule has 0 saturated carbocycles. The normalized spacial score (nSPS) is 15.6. The van der Waals surface area contributed by atoms with E-state index < -0.39 is 0 Å². The highest BCUT2D eigenvalue weighted by atomic mass is 14.3. The van der Waals surface area contributed by atoms with E-state index in [-0.39, 0.29) is 0 Å². The Labute approximate surface area is 187 Å². The molecule has 0 heteroatoms. The van der Waals surface area contributed by atoms with Gasteiger partial charge in [0.1, 0.15) is 0 Å². The van der Waals surface area contributed by atoms with Crippen molar-refractivity contribution in [2.75, 3.05) is 0 Å². The molecule has 2 aromatic rings. The van der Waals surface area contributed by atoms with Crippen molar-refractivity contribution in [1.29, 1.82) is 0 Å². The highest BCUT2D eigenvalue weighted by molar-refractivity contribution is 5.50. The molecule has 1 aliphatic rings. The van der Waals surface area contributed by atoms with Gasteiger partial charge in [-0.3, -0.25) is 0 Å². The van der Waals surface area contributed by atoms with Gasteiger partial charge in [0.25, 0.3) is 0 Å². The third-order valence-electron chi connectivity index (χ3n) is 6.76. The van der Waals surface area contributed by atoms with Crippen LogP contribution in [0.2, 0.25) is 0 Å². The quantitative estimate of drug-likeness (QED) is 0.326. The van der Waals surface area contributed by atoms with Gasteiger partial charge in [-0.2, -0.15) is 0 Å². The molecule has 0 radical (unpaired) electrons.